The van der Waals surface area contributed by atoms with E-state index in [1.807, 2.05) is 36.4 Å². The first-order chi connectivity index (χ1) is 14.5. The minimum atomic E-state index is -1.26. The van der Waals surface area contributed by atoms with Crippen LogP contribution in [0.15, 0.2) is 85.0 Å². The number of rotatable bonds is 4. The molecule has 0 unspecified atom stereocenters. The maximum absolute atomic E-state index is 9.55. The maximum Gasteiger partial charge on any atom is 0.328 e. The zero-order valence-electron chi connectivity index (χ0n) is 17.2. The zero-order chi connectivity index (χ0) is 22.0. The molecule has 1 fully saturated rings. The van der Waals surface area contributed by atoms with E-state index in [9.17, 15) is 9.59 Å². The van der Waals surface area contributed by atoms with Gasteiger partial charge >= 0.3 is 11.9 Å². The molecule has 4 nitrogen and oxygen atoms in total. The van der Waals surface area contributed by atoms with Crippen molar-refractivity contribution in [2.45, 2.75) is 38.5 Å². The first-order valence-corrected chi connectivity index (χ1v) is 10.1. The molecular weight excluding hydrogens is 376 g/mol. The van der Waals surface area contributed by atoms with Gasteiger partial charge < -0.3 is 10.2 Å². The monoisotopic (exact) mass is 406 g/mol. The maximum atomic E-state index is 9.55. The molecule has 1 saturated carbocycles. The van der Waals surface area contributed by atoms with Gasteiger partial charge in [0, 0.05) is 12.2 Å². The number of aliphatic carboxylic acids is 2. The van der Waals surface area contributed by atoms with Crippen molar-refractivity contribution >= 4 is 24.1 Å². The topological polar surface area (TPSA) is 74.6 Å². The smallest absolute Gasteiger partial charge is 0.328 e. The summed E-state index contributed by atoms with van der Waals surface area (Å²) in [6.45, 7) is 3.63. The summed E-state index contributed by atoms with van der Waals surface area (Å²) in [4.78, 5) is 19.1. The van der Waals surface area contributed by atoms with Gasteiger partial charge in [-0.2, -0.15) is 0 Å². The lowest BCUT2D eigenvalue weighted by Gasteiger charge is -2.02. The van der Waals surface area contributed by atoms with E-state index in [-0.39, 0.29) is 0 Å². The Morgan fingerprint density at radius 3 is 1.50 bits per heavy atom. The first-order valence-electron chi connectivity index (χ1n) is 10.1. The molecule has 2 aromatic carbocycles. The highest BCUT2D eigenvalue weighted by Gasteiger charge is 2.03. The molecular formula is C26H30O4. The van der Waals surface area contributed by atoms with Crippen molar-refractivity contribution in [1.29, 1.82) is 0 Å². The molecule has 0 heterocycles. The van der Waals surface area contributed by atoms with Crippen molar-refractivity contribution < 1.29 is 19.8 Å². The Morgan fingerprint density at radius 1 is 0.700 bits per heavy atom. The molecule has 2 N–H and O–H groups in total. The Kier molecular flexibility index (Phi) is 12.7. The third-order valence-electron chi connectivity index (χ3n) is 4.32. The molecule has 2 aromatic rings. The fourth-order valence-electron chi connectivity index (χ4n) is 2.84. The van der Waals surface area contributed by atoms with E-state index in [4.69, 9.17) is 10.2 Å². The lowest BCUT2D eigenvalue weighted by atomic mass is 10.0. The molecule has 30 heavy (non-hydrogen) atoms. The Morgan fingerprint density at radius 2 is 1.13 bits per heavy atom. The molecule has 1 aliphatic carbocycles. The molecule has 0 amide bonds. The van der Waals surface area contributed by atoms with Gasteiger partial charge in [-0.3, -0.25) is 0 Å². The Balaban J connectivity index is 0.000000243. The van der Waals surface area contributed by atoms with E-state index in [1.165, 1.54) is 49.7 Å². The van der Waals surface area contributed by atoms with Gasteiger partial charge in [0.05, 0.1) is 0 Å². The van der Waals surface area contributed by atoms with Crippen LogP contribution in [-0.4, -0.2) is 22.2 Å². The van der Waals surface area contributed by atoms with Gasteiger partial charge in [0.2, 0.25) is 0 Å². The molecule has 3 rings (SSSR count). The van der Waals surface area contributed by atoms with Crippen LogP contribution in [0.2, 0.25) is 0 Å². The zero-order valence-corrected chi connectivity index (χ0v) is 17.2. The van der Waals surface area contributed by atoms with Crippen LogP contribution in [0.1, 0.15) is 49.7 Å². The molecule has 0 spiro atoms. The Hall–Kier alpha value is -3.40. The molecule has 4 heteroatoms. The van der Waals surface area contributed by atoms with Crippen LogP contribution in [0, 0.1) is 0 Å². The van der Waals surface area contributed by atoms with Gasteiger partial charge in [0.1, 0.15) is 0 Å². The highest BCUT2D eigenvalue weighted by Crippen LogP contribution is 2.23. The average Bonchev–Trinajstić information content (AvgIpc) is 3.03. The summed E-state index contributed by atoms with van der Waals surface area (Å²) in [5.74, 6) is -2.51. The van der Waals surface area contributed by atoms with Gasteiger partial charge in [-0.15, -0.1) is 0 Å². The van der Waals surface area contributed by atoms with Crippen molar-refractivity contribution in [3.05, 3.63) is 96.1 Å². The predicted octanol–water partition coefficient (Wildman–Crippen LogP) is 6.47. The number of carboxylic acids is 2. The van der Waals surface area contributed by atoms with Crippen LogP contribution in [0.3, 0.4) is 0 Å². The third kappa shape index (κ3) is 12.9. The summed E-state index contributed by atoms with van der Waals surface area (Å²) in [6, 6.07) is 20.7. The van der Waals surface area contributed by atoms with Crippen molar-refractivity contribution in [3.63, 3.8) is 0 Å². The fourth-order valence-corrected chi connectivity index (χ4v) is 2.84. The van der Waals surface area contributed by atoms with Crippen molar-refractivity contribution in [2.24, 2.45) is 0 Å². The predicted molar refractivity (Wildman–Crippen MR) is 123 cm³/mol. The van der Waals surface area contributed by atoms with Gasteiger partial charge in [-0.1, -0.05) is 97.8 Å². The van der Waals surface area contributed by atoms with E-state index >= 15 is 0 Å². The second kappa shape index (κ2) is 15.5. The summed E-state index contributed by atoms with van der Waals surface area (Å²) >= 11 is 0. The lowest BCUT2D eigenvalue weighted by molar-refractivity contribution is -0.134. The van der Waals surface area contributed by atoms with Gasteiger partial charge in [0.15, 0.2) is 0 Å². The summed E-state index contributed by atoms with van der Waals surface area (Å²) in [5.41, 5.74) is 4.19. The van der Waals surface area contributed by atoms with E-state index in [2.05, 4.69) is 43.0 Å². The minimum Gasteiger partial charge on any atom is -0.478 e. The fraction of sp³-hybridized carbons (Fsp3) is 0.231. The van der Waals surface area contributed by atoms with Gasteiger partial charge in [0.25, 0.3) is 0 Å². The van der Waals surface area contributed by atoms with Crippen LogP contribution < -0.4 is 0 Å². The minimum absolute atomic E-state index is 0.558. The highest BCUT2D eigenvalue weighted by molar-refractivity contribution is 5.89. The van der Waals surface area contributed by atoms with Crippen LogP contribution in [0.25, 0.3) is 12.2 Å². The highest BCUT2D eigenvalue weighted by atomic mass is 16.4. The van der Waals surface area contributed by atoms with E-state index in [1.54, 1.807) is 5.57 Å². The standard InChI is InChI=1S/C14H18.C8H8.C4H4O4/c1-2-5-9-13(8-4-1)12-14-10-6-3-7-11-14;1-2-8-6-4-3-5-7-8;5-3(6)1-2-4(7)8/h3,6-7,10-12H,1-2,4-5,8-9H2;2-7H,1H2;1-2H,(H,5,6)(H,7,8)/b;;2-1-. The molecule has 1 aliphatic rings. The SMILES string of the molecule is C(=C1CCCCCC1)c1ccccc1.C=Cc1ccccc1.O=C(O)/C=C\C(=O)O. The summed E-state index contributed by atoms with van der Waals surface area (Å²) in [6.07, 6.45) is 13.6. The lowest BCUT2D eigenvalue weighted by Crippen LogP contribution is -1.91. The van der Waals surface area contributed by atoms with Crippen molar-refractivity contribution in [1.82, 2.24) is 0 Å². The average molecular weight is 407 g/mol. The largest absolute Gasteiger partial charge is 0.478 e. The molecule has 158 valence electrons. The Bertz CT molecular complexity index is 795. The van der Waals surface area contributed by atoms with Gasteiger partial charge in [-0.25, -0.2) is 9.59 Å². The quantitative estimate of drug-likeness (QED) is 0.451. The molecule has 0 radical (unpaired) electrons. The second-order valence-electron chi connectivity index (χ2n) is 6.75. The van der Waals surface area contributed by atoms with E-state index in [0.717, 1.165) is 0 Å². The molecule has 0 saturated heterocycles. The number of hydrogen-bond acceptors (Lipinski definition) is 2. The van der Waals surface area contributed by atoms with Crippen LogP contribution in [-0.2, 0) is 9.59 Å². The summed E-state index contributed by atoms with van der Waals surface area (Å²) in [5, 5.41) is 15.6. The summed E-state index contributed by atoms with van der Waals surface area (Å²) in [7, 11) is 0. The summed E-state index contributed by atoms with van der Waals surface area (Å²) < 4.78 is 0. The second-order valence-corrected chi connectivity index (χ2v) is 6.75. The van der Waals surface area contributed by atoms with Crippen LogP contribution in [0.5, 0.6) is 0 Å². The molecule has 0 aromatic heterocycles. The number of allylic oxidation sites excluding steroid dienone is 1. The first kappa shape index (κ1) is 24.6. The van der Waals surface area contributed by atoms with E-state index < -0.39 is 11.9 Å². The van der Waals surface area contributed by atoms with E-state index in [0.29, 0.717) is 12.2 Å². The number of benzene rings is 2. The van der Waals surface area contributed by atoms with Crippen molar-refractivity contribution in [3.8, 4) is 0 Å². The molecule has 0 aliphatic heterocycles. The number of carboxylic acid groups (broad SMARTS) is 2. The number of hydrogen-bond donors (Lipinski definition) is 2. The molecule has 0 atom stereocenters. The Labute approximate surface area is 178 Å². The molecule has 0 bridgehead atoms. The van der Waals surface area contributed by atoms with Gasteiger partial charge in [-0.05, 0) is 36.8 Å². The normalized spacial score (nSPS) is 13.0. The third-order valence-corrected chi connectivity index (χ3v) is 4.32. The number of carbonyl (C=O) groups is 2. The van der Waals surface area contributed by atoms with Crippen LogP contribution >= 0.6 is 0 Å². The van der Waals surface area contributed by atoms with Crippen molar-refractivity contribution in [2.75, 3.05) is 0 Å². The van der Waals surface area contributed by atoms with Crippen LogP contribution in [0.4, 0.5) is 0 Å².